The highest BCUT2D eigenvalue weighted by Crippen LogP contribution is 2.35. The Hall–Kier alpha value is -1.55. The topological polar surface area (TPSA) is 67.8 Å². The summed E-state index contributed by atoms with van der Waals surface area (Å²) in [6.45, 7) is 6.12. The minimum absolute atomic E-state index is 0. The smallest absolute Gasteiger partial charge is 0.191 e. The van der Waals surface area contributed by atoms with Gasteiger partial charge in [0.1, 0.15) is 0 Å². The highest BCUT2D eigenvalue weighted by atomic mass is 127. The Bertz CT molecular complexity index is 791. The van der Waals surface area contributed by atoms with Gasteiger partial charge >= 0.3 is 0 Å². The quantitative estimate of drug-likeness (QED) is 0.296. The lowest BCUT2D eigenvalue weighted by molar-refractivity contribution is 0.198. The van der Waals surface area contributed by atoms with Gasteiger partial charge in [-0.05, 0) is 45.6 Å². The summed E-state index contributed by atoms with van der Waals surface area (Å²) >= 11 is 1.69. The maximum atomic E-state index is 6.31. The number of aryl methyl sites for hydroxylation is 1. The van der Waals surface area contributed by atoms with E-state index in [1.165, 1.54) is 17.7 Å². The molecule has 1 fully saturated rings. The van der Waals surface area contributed by atoms with Gasteiger partial charge in [0.15, 0.2) is 17.5 Å². The number of hydrogen-bond acceptors (Lipinski definition) is 5. The second-order valence-electron chi connectivity index (χ2n) is 6.87. The fraction of sp³-hybridized carbons (Fsp3) is 0.524. The standard InChI is InChI=1S/C21H30N4O2S.HI/c1-4-22-21(25-14-18-13-23-15(2)28-18)24-12-16-8-7-11-19(26-3)20(16)27-17-9-5-6-10-17;/h7-8,11,13,17H,4-6,9-10,12,14H2,1-3H3,(H2,22,24,25);1H. The largest absolute Gasteiger partial charge is 0.493 e. The summed E-state index contributed by atoms with van der Waals surface area (Å²) < 4.78 is 11.9. The highest BCUT2D eigenvalue weighted by molar-refractivity contribution is 14.0. The van der Waals surface area contributed by atoms with Crippen LogP contribution in [0.3, 0.4) is 0 Å². The monoisotopic (exact) mass is 530 g/mol. The van der Waals surface area contributed by atoms with Gasteiger partial charge in [0, 0.05) is 23.2 Å². The van der Waals surface area contributed by atoms with E-state index in [-0.39, 0.29) is 30.1 Å². The number of halogens is 1. The van der Waals surface area contributed by atoms with Crippen molar-refractivity contribution in [2.75, 3.05) is 13.7 Å². The first-order chi connectivity index (χ1) is 13.7. The van der Waals surface area contributed by atoms with Crippen LogP contribution >= 0.6 is 35.3 Å². The Balaban J connectivity index is 0.00000300. The van der Waals surface area contributed by atoms with Crippen LogP contribution in [0.2, 0.25) is 0 Å². The molecule has 1 saturated carbocycles. The van der Waals surface area contributed by atoms with Crippen molar-refractivity contribution < 1.29 is 9.47 Å². The highest BCUT2D eigenvalue weighted by Gasteiger charge is 2.20. The van der Waals surface area contributed by atoms with Gasteiger partial charge in [-0.15, -0.1) is 35.3 Å². The second-order valence-corrected chi connectivity index (χ2v) is 8.19. The van der Waals surface area contributed by atoms with E-state index in [1.807, 2.05) is 25.3 Å². The molecule has 1 aliphatic carbocycles. The molecule has 0 bridgehead atoms. The number of methoxy groups -OCH3 is 1. The number of nitrogens with zero attached hydrogens (tertiary/aromatic N) is 2. The van der Waals surface area contributed by atoms with Crippen LogP contribution in [-0.2, 0) is 13.1 Å². The van der Waals surface area contributed by atoms with Gasteiger partial charge in [-0.3, -0.25) is 0 Å². The molecule has 6 nitrogen and oxygen atoms in total. The zero-order valence-corrected chi connectivity index (χ0v) is 20.5. The Morgan fingerprint density at radius 1 is 1.28 bits per heavy atom. The number of aromatic nitrogens is 1. The van der Waals surface area contributed by atoms with Gasteiger partial charge in [0.05, 0.1) is 31.3 Å². The summed E-state index contributed by atoms with van der Waals surface area (Å²) in [5, 5.41) is 7.75. The predicted octanol–water partition coefficient (Wildman–Crippen LogP) is 4.65. The molecule has 1 aromatic carbocycles. The molecular formula is C21H31IN4O2S. The zero-order chi connectivity index (χ0) is 19.8. The van der Waals surface area contributed by atoms with Crippen molar-refractivity contribution in [3.05, 3.63) is 39.8 Å². The first kappa shape index (κ1) is 23.7. The number of benzene rings is 1. The van der Waals surface area contributed by atoms with Crippen molar-refractivity contribution >= 4 is 41.3 Å². The number of aliphatic imine (C=N–C) groups is 1. The lowest BCUT2D eigenvalue weighted by atomic mass is 10.1. The average molecular weight is 530 g/mol. The molecule has 0 aliphatic heterocycles. The molecule has 0 atom stereocenters. The van der Waals surface area contributed by atoms with Crippen LogP contribution in [0.15, 0.2) is 29.4 Å². The maximum Gasteiger partial charge on any atom is 0.191 e. The SMILES string of the molecule is CCNC(=NCc1cccc(OC)c1OC1CCCC1)NCc1cnc(C)s1.I. The van der Waals surface area contributed by atoms with Crippen molar-refractivity contribution in [1.82, 2.24) is 15.6 Å². The van der Waals surface area contributed by atoms with E-state index in [0.717, 1.165) is 47.4 Å². The number of ether oxygens (including phenoxy) is 2. The van der Waals surface area contributed by atoms with E-state index in [9.17, 15) is 0 Å². The third-order valence-electron chi connectivity index (χ3n) is 4.72. The Morgan fingerprint density at radius 3 is 2.72 bits per heavy atom. The van der Waals surface area contributed by atoms with Gasteiger partial charge in [-0.25, -0.2) is 9.98 Å². The minimum Gasteiger partial charge on any atom is -0.493 e. The molecule has 0 amide bonds. The van der Waals surface area contributed by atoms with E-state index < -0.39 is 0 Å². The Kier molecular flexibility index (Phi) is 9.99. The second kappa shape index (κ2) is 12.2. The molecule has 0 radical (unpaired) electrons. The van der Waals surface area contributed by atoms with Crippen LogP contribution in [0.25, 0.3) is 0 Å². The number of rotatable bonds is 8. The molecule has 1 heterocycles. The van der Waals surface area contributed by atoms with Crippen LogP contribution in [-0.4, -0.2) is 30.7 Å². The Morgan fingerprint density at radius 2 is 2.07 bits per heavy atom. The average Bonchev–Trinajstić information content (AvgIpc) is 3.36. The number of thiazole rings is 1. The van der Waals surface area contributed by atoms with Gasteiger partial charge < -0.3 is 20.1 Å². The molecule has 3 rings (SSSR count). The molecule has 2 aromatic rings. The van der Waals surface area contributed by atoms with Crippen LogP contribution in [0, 0.1) is 6.92 Å². The van der Waals surface area contributed by atoms with Gasteiger partial charge in [-0.2, -0.15) is 0 Å². The first-order valence-corrected chi connectivity index (χ1v) is 10.8. The van der Waals surface area contributed by atoms with Crippen molar-refractivity contribution in [3.63, 3.8) is 0 Å². The van der Waals surface area contributed by atoms with Crippen molar-refractivity contribution in [3.8, 4) is 11.5 Å². The van der Waals surface area contributed by atoms with Crippen LogP contribution < -0.4 is 20.1 Å². The summed E-state index contributed by atoms with van der Waals surface area (Å²) in [4.78, 5) is 10.3. The van der Waals surface area contributed by atoms with Gasteiger partial charge in [0.25, 0.3) is 0 Å². The number of nitrogens with one attached hydrogen (secondary N) is 2. The fourth-order valence-corrected chi connectivity index (χ4v) is 4.05. The molecule has 8 heteroatoms. The number of hydrogen-bond donors (Lipinski definition) is 2. The molecule has 29 heavy (non-hydrogen) atoms. The summed E-state index contributed by atoms with van der Waals surface area (Å²) in [7, 11) is 1.69. The summed E-state index contributed by atoms with van der Waals surface area (Å²) in [6, 6.07) is 6.01. The lowest BCUT2D eigenvalue weighted by Gasteiger charge is -2.19. The predicted molar refractivity (Wildman–Crippen MR) is 130 cm³/mol. The third-order valence-corrected chi connectivity index (χ3v) is 5.63. The van der Waals surface area contributed by atoms with Crippen molar-refractivity contribution in [1.29, 1.82) is 0 Å². The maximum absolute atomic E-state index is 6.31. The van der Waals surface area contributed by atoms with Gasteiger partial charge in [0.2, 0.25) is 0 Å². The van der Waals surface area contributed by atoms with Crippen molar-refractivity contribution in [2.45, 2.75) is 58.7 Å². The summed E-state index contributed by atoms with van der Waals surface area (Å²) in [6.07, 6.45) is 6.88. The number of guanidine groups is 1. The van der Waals surface area contributed by atoms with E-state index in [1.54, 1.807) is 18.4 Å². The molecule has 160 valence electrons. The van der Waals surface area contributed by atoms with Crippen LogP contribution in [0.5, 0.6) is 11.5 Å². The lowest BCUT2D eigenvalue weighted by Crippen LogP contribution is -2.36. The Labute approximate surface area is 194 Å². The third kappa shape index (κ3) is 7.02. The van der Waals surface area contributed by atoms with E-state index in [0.29, 0.717) is 13.1 Å². The van der Waals surface area contributed by atoms with E-state index in [4.69, 9.17) is 14.5 Å². The normalized spacial score (nSPS) is 14.4. The molecule has 2 N–H and O–H groups in total. The fourth-order valence-electron chi connectivity index (χ4n) is 3.32. The molecule has 1 aromatic heterocycles. The van der Waals surface area contributed by atoms with Gasteiger partial charge in [-0.1, -0.05) is 12.1 Å². The first-order valence-electron chi connectivity index (χ1n) is 9.95. The number of para-hydroxylation sites is 1. The minimum atomic E-state index is 0. The summed E-state index contributed by atoms with van der Waals surface area (Å²) in [5.41, 5.74) is 1.04. The molecule has 0 unspecified atom stereocenters. The van der Waals surface area contributed by atoms with E-state index in [2.05, 4.69) is 28.6 Å². The molecule has 1 aliphatic rings. The zero-order valence-electron chi connectivity index (χ0n) is 17.4. The molecular weight excluding hydrogens is 499 g/mol. The van der Waals surface area contributed by atoms with E-state index >= 15 is 0 Å². The molecule has 0 saturated heterocycles. The molecule has 0 spiro atoms. The van der Waals surface area contributed by atoms with Crippen molar-refractivity contribution in [2.24, 2.45) is 4.99 Å². The van der Waals surface area contributed by atoms with Crippen LogP contribution in [0.4, 0.5) is 0 Å². The van der Waals surface area contributed by atoms with Crippen LogP contribution in [0.1, 0.15) is 48.1 Å². The summed E-state index contributed by atoms with van der Waals surface area (Å²) in [5.74, 6) is 2.38.